The molecular formula is C22H18O2S. The van der Waals surface area contributed by atoms with Gasteiger partial charge in [0, 0.05) is 27.0 Å². The van der Waals surface area contributed by atoms with Gasteiger partial charge in [-0.25, -0.2) is 0 Å². The Labute approximate surface area is 151 Å². The van der Waals surface area contributed by atoms with Crippen molar-refractivity contribution in [1.82, 2.24) is 0 Å². The fourth-order valence-corrected chi connectivity index (χ4v) is 4.41. The molecule has 2 nitrogen and oxygen atoms in total. The molecule has 0 aromatic heterocycles. The van der Waals surface area contributed by atoms with Crippen LogP contribution in [0.2, 0.25) is 0 Å². The highest BCUT2D eigenvalue weighted by molar-refractivity contribution is 8.14. The lowest BCUT2D eigenvalue weighted by Gasteiger charge is -2.35. The second-order valence-electron chi connectivity index (χ2n) is 6.61. The van der Waals surface area contributed by atoms with E-state index >= 15 is 0 Å². The van der Waals surface area contributed by atoms with Crippen LogP contribution in [0.4, 0.5) is 0 Å². The van der Waals surface area contributed by atoms with Crippen molar-refractivity contribution in [3.63, 3.8) is 0 Å². The number of benzene rings is 3. The van der Waals surface area contributed by atoms with E-state index < -0.39 is 0 Å². The molecule has 124 valence electrons. The highest BCUT2D eigenvalue weighted by Crippen LogP contribution is 2.51. The molecule has 0 unspecified atom stereocenters. The summed E-state index contributed by atoms with van der Waals surface area (Å²) in [5.41, 5.74) is 2.69. The summed E-state index contributed by atoms with van der Waals surface area (Å²) in [5.74, 6) is 1.71. The molecule has 0 bridgehead atoms. The predicted octanol–water partition coefficient (Wildman–Crippen LogP) is 6.05. The summed E-state index contributed by atoms with van der Waals surface area (Å²) >= 11 is 1.27. The van der Waals surface area contributed by atoms with Gasteiger partial charge in [-0.05, 0) is 30.0 Å². The number of hydrogen-bond acceptors (Lipinski definition) is 3. The molecule has 1 aliphatic heterocycles. The Morgan fingerprint density at radius 2 is 1.52 bits per heavy atom. The second-order valence-corrected chi connectivity index (χ2v) is 7.62. The summed E-state index contributed by atoms with van der Waals surface area (Å²) in [6.07, 6.45) is 0. The van der Waals surface area contributed by atoms with Crippen LogP contribution in [-0.4, -0.2) is 5.12 Å². The second kappa shape index (κ2) is 6.08. The topological polar surface area (TPSA) is 26.3 Å². The lowest BCUT2D eigenvalue weighted by Crippen LogP contribution is -2.25. The fourth-order valence-electron chi connectivity index (χ4n) is 3.36. The number of hydrogen-bond donors (Lipinski definition) is 0. The average molecular weight is 346 g/mol. The fraction of sp³-hybridized carbons (Fsp3) is 0.136. The smallest absolute Gasteiger partial charge is 0.224 e. The molecule has 0 atom stereocenters. The first kappa shape index (κ1) is 16.0. The van der Waals surface area contributed by atoms with Crippen molar-refractivity contribution < 1.29 is 9.53 Å². The van der Waals surface area contributed by atoms with E-state index in [1.807, 2.05) is 66.7 Å². The van der Waals surface area contributed by atoms with E-state index in [2.05, 4.69) is 19.9 Å². The third kappa shape index (κ3) is 2.75. The van der Waals surface area contributed by atoms with E-state index in [1.54, 1.807) is 0 Å². The number of thioether (sulfide) groups is 1. The van der Waals surface area contributed by atoms with Crippen LogP contribution in [0.1, 0.15) is 35.3 Å². The highest BCUT2D eigenvalue weighted by atomic mass is 32.2. The van der Waals surface area contributed by atoms with Crippen LogP contribution in [0.25, 0.3) is 0 Å². The molecular weight excluding hydrogens is 328 g/mol. The Kier molecular flexibility index (Phi) is 3.89. The van der Waals surface area contributed by atoms with Gasteiger partial charge < -0.3 is 4.74 Å². The lowest BCUT2D eigenvalue weighted by molar-refractivity contribution is 0.108. The standard InChI is InChI=1S/C22H18O2S/c1-22(2)16-11-6-7-12-17(16)24-18-13-8-14-19(20(18)22)25-21(23)15-9-4-3-5-10-15/h3-14H,1-2H3. The molecule has 3 aromatic carbocycles. The normalized spacial score (nSPS) is 14.2. The summed E-state index contributed by atoms with van der Waals surface area (Å²) in [5, 5.41) is 0.0451. The molecule has 0 amide bonds. The molecule has 0 aliphatic carbocycles. The lowest BCUT2D eigenvalue weighted by atomic mass is 9.76. The van der Waals surface area contributed by atoms with Crippen LogP contribution >= 0.6 is 11.8 Å². The minimum Gasteiger partial charge on any atom is -0.457 e. The molecule has 25 heavy (non-hydrogen) atoms. The molecule has 3 aromatic rings. The quantitative estimate of drug-likeness (QED) is 0.528. The Morgan fingerprint density at radius 3 is 2.32 bits per heavy atom. The zero-order valence-electron chi connectivity index (χ0n) is 14.2. The van der Waals surface area contributed by atoms with E-state index in [0.717, 1.165) is 27.5 Å². The number of fused-ring (bicyclic) bond motifs is 2. The first-order valence-corrected chi connectivity index (χ1v) is 9.07. The van der Waals surface area contributed by atoms with E-state index in [4.69, 9.17) is 4.74 Å². The number of carbonyl (C=O) groups is 1. The summed E-state index contributed by atoms with van der Waals surface area (Å²) in [7, 11) is 0. The monoisotopic (exact) mass is 346 g/mol. The molecule has 4 rings (SSSR count). The van der Waals surface area contributed by atoms with Crippen molar-refractivity contribution in [2.75, 3.05) is 0 Å². The van der Waals surface area contributed by atoms with Gasteiger partial charge in [0.1, 0.15) is 11.5 Å². The molecule has 0 fully saturated rings. The summed E-state index contributed by atoms with van der Waals surface area (Å²) in [6.45, 7) is 4.37. The number of ether oxygens (including phenoxy) is 1. The number of para-hydroxylation sites is 1. The minimum absolute atomic E-state index is 0.0451. The molecule has 1 aliphatic rings. The van der Waals surface area contributed by atoms with Gasteiger partial charge >= 0.3 is 0 Å². The van der Waals surface area contributed by atoms with Crippen molar-refractivity contribution in [3.8, 4) is 11.5 Å². The van der Waals surface area contributed by atoms with E-state index in [0.29, 0.717) is 5.56 Å². The van der Waals surface area contributed by atoms with Gasteiger partial charge in [0.25, 0.3) is 0 Å². The zero-order valence-corrected chi connectivity index (χ0v) is 15.0. The van der Waals surface area contributed by atoms with Crippen LogP contribution in [0.3, 0.4) is 0 Å². The van der Waals surface area contributed by atoms with Gasteiger partial charge in [-0.1, -0.05) is 68.4 Å². The first-order valence-electron chi connectivity index (χ1n) is 8.25. The van der Waals surface area contributed by atoms with Crippen molar-refractivity contribution >= 4 is 16.9 Å². The van der Waals surface area contributed by atoms with E-state index in [-0.39, 0.29) is 10.5 Å². The Morgan fingerprint density at radius 1 is 0.840 bits per heavy atom. The van der Waals surface area contributed by atoms with Gasteiger partial charge in [-0.3, -0.25) is 4.79 Å². The molecule has 1 heterocycles. The molecule has 0 spiro atoms. The maximum absolute atomic E-state index is 12.7. The maximum atomic E-state index is 12.7. The van der Waals surface area contributed by atoms with Crippen molar-refractivity contribution in [3.05, 3.63) is 89.5 Å². The third-order valence-corrected chi connectivity index (χ3v) is 5.59. The van der Waals surface area contributed by atoms with E-state index in [1.165, 1.54) is 11.8 Å². The van der Waals surface area contributed by atoms with Gasteiger partial charge in [0.05, 0.1) is 0 Å². The van der Waals surface area contributed by atoms with Crippen LogP contribution in [0, 0.1) is 0 Å². The Bertz CT molecular complexity index is 945. The van der Waals surface area contributed by atoms with Crippen LogP contribution in [0.15, 0.2) is 77.7 Å². The minimum atomic E-state index is -0.231. The maximum Gasteiger partial charge on any atom is 0.224 e. The van der Waals surface area contributed by atoms with Crippen molar-refractivity contribution in [1.29, 1.82) is 0 Å². The zero-order chi connectivity index (χ0) is 17.4. The van der Waals surface area contributed by atoms with Crippen molar-refractivity contribution in [2.24, 2.45) is 0 Å². The SMILES string of the molecule is CC1(C)c2ccccc2Oc2cccc(SC(=O)c3ccccc3)c21. The van der Waals surface area contributed by atoms with Crippen LogP contribution in [-0.2, 0) is 5.41 Å². The molecule has 0 saturated heterocycles. The molecule has 0 radical (unpaired) electrons. The van der Waals surface area contributed by atoms with Gasteiger partial charge in [0.15, 0.2) is 0 Å². The largest absolute Gasteiger partial charge is 0.457 e. The highest BCUT2D eigenvalue weighted by Gasteiger charge is 2.36. The van der Waals surface area contributed by atoms with Crippen LogP contribution < -0.4 is 4.74 Å². The summed E-state index contributed by atoms with van der Waals surface area (Å²) in [6, 6.07) is 23.4. The van der Waals surface area contributed by atoms with Gasteiger partial charge in [-0.2, -0.15) is 0 Å². The third-order valence-electron chi connectivity index (χ3n) is 4.61. The molecule has 3 heteroatoms. The number of rotatable bonds is 2. The first-order chi connectivity index (χ1) is 12.1. The van der Waals surface area contributed by atoms with Crippen LogP contribution in [0.5, 0.6) is 11.5 Å². The Hall–Kier alpha value is -2.52. The molecule has 0 saturated carbocycles. The number of carbonyl (C=O) groups excluding carboxylic acids is 1. The molecule has 0 N–H and O–H groups in total. The van der Waals surface area contributed by atoms with Gasteiger partial charge in [-0.15, -0.1) is 0 Å². The van der Waals surface area contributed by atoms with E-state index in [9.17, 15) is 4.79 Å². The summed E-state index contributed by atoms with van der Waals surface area (Å²) in [4.78, 5) is 13.6. The van der Waals surface area contributed by atoms with Gasteiger partial charge in [0.2, 0.25) is 5.12 Å². The summed E-state index contributed by atoms with van der Waals surface area (Å²) < 4.78 is 6.12. The van der Waals surface area contributed by atoms with Crippen molar-refractivity contribution in [2.45, 2.75) is 24.2 Å². The average Bonchev–Trinajstić information content (AvgIpc) is 2.62. The Balaban J connectivity index is 1.77. The predicted molar refractivity (Wildman–Crippen MR) is 102 cm³/mol.